The molecule has 0 unspecified atom stereocenters. The summed E-state index contributed by atoms with van der Waals surface area (Å²) in [5.41, 5.74) is 0.974. The Balaban J connectivity index is 1.81. The van der Waals surface area contributed by atoms with Gasteiger partial charge in [0, 0.05) is 24.2 Å². The maximum absolute atomic E-state index is 12.6. The van der Waals surface area contributed by atoms with Crippen LogP contribution in [0.15, 0.2) is 28.8 Å². The van der Waals surface area contributed by atoms with E-state index in [9.17, 15) is 4.79 Å². The fraction of sp³-hybridized carbons (Fsp3) is 0.412. The maximum Gasteiger partial charge on any atom is 0.323 e. The number of ether oxygens (including phenoxy) is 2. The fourth-order valence-corrected chi connectivity index (χ4v) is 3.03. The Bertz CT molecular complexity index is 728. The first-order valence-corrected chi connectivity index (χ1v) is 7.85. The molecule has 1 aromatic heterocycles. The van der Waals surface area contributed by atoms with Gasteiger partial charge in [0.1, 0.15) is 17.3 Å². The molecular weight excluding hydrogens is 310 g/mol. The van der Waals surface area contributed by atoms with Crippen molar-refractivity contribution in [2.24, 2.45) is 0 Å². The van der Waals surface area contributed by atoms with Crippen LogP contribution >= 0.6 is 0 Å². The van der Waals surface area contributed by atoms with Crippen molar-refractivity contribution in [3.63, 3.8) is 0 Å². The van der Waals surface area contributed by atoms with Gasteiger partial charge >= 0.3 is 6.03 Å². The zero-order valence-electron chi connectivity index (χ0n) is 14.0. The van der Waals surface area contributed by atoms with Gasteiger partial charge in [0.05, 0.1) is 20.3 Å². The average Bonchev–Trinajstić information content (AvgIpc) is 3.23. The summed E-state index contributed by atoms with van der Waals surface area (Å²) in [7, 11) is 3.24. The number of anilines is 1. The summed E-state index contributed by atoms with van der Waals surface area (Å²) >= 11 is 0. The Morgan fingerprint density at radius 3 is 2.83 bits per heavy atom. The average molecular weight is 331 g/mol. The second kappa shape index (κ2) is 6.82. The molecule has 0 spiro atoms. The molecule has 1 aliphatic heterocycles. The van der Waals surface area contributed by atoms with Crippen LogP contribution < -0.4 is 14.8 Å². The van der Waals surface area contributed by atoms with Crippen molar-refractivity contribution in [2.45, 2.75) is 25.8 Å². The zero-order valence-corrected chi connectivity index (χ0v) is 14.0. The molecule has 1 aromatic carbocycles. The van der Waals surface area contributed by atoms with Crippen LogP contribution in [-0.4, -0.2) is 36.9 Å². The SMILES string of the molecule is COc1ccc([C@H]2CCCN2C(=O)Nc2cc(C)on2)c(OC)c1. The van der Waals surface area contributed by atoms with Crippen LogP contribution in [0.5, 0.6) is 11.5 Å². The molecule has 0 saturated carbocycles. The number of aromatic nitrogens is 1. The van der Waals surface area contributed by atoms with Crippen molar-refractivity contribution in [1.29, 1.82) is 0 Å². The fourth-order valence-electron chi connectivity index (χ4n) is 3.03. The Kier molecular flexibility index (Phi) is 4.59. The minimum absolute atomic E-state index is 0.0427. The molecule has 128 valence electrons. The second-order valence-electron chi connectivity index (χ2n) is 5.71. The first-order chi connectivity index (χ1) is 11.6. The van der Waals surface area contributed by atoms with Crippen molar-refractivity contribution < 1.29 is 18.8 Å². The Labute approximate surface area is 140 Å². The molecule has 7 nitrogen and oxygen atoms in total. The topological polar surface area (TPSA) is 76.8 Å². The number of urea groups is 1. The number of nitrogens with one attached hydrogen (secondary N) is 1. The number of carbonyl (C=O) groups is 1. The van der Waals surface area contributed by atoms with E-state index in [1.54, 1.807) is 32.1 Å². The molecule has 24 heavy (non-hydrogen) atoms. The van der Waals surface area contributed by atoms with Crippen LogP contribution in [0.2, 0.25) is 0 Å². The minimum atomic E-state index is -0.191. The highest BCUT2D eigenvalue weighted by atomic mass is 16.5. The van der Waals surface area contributed by atoms with E-state index in [2.05, 4.69) is 10.5 Å². The largest absolute Gasteiger partial charge is 0.497 e. The highest BCUT2D eigenvalue weighted by Crippen LogP contribution is 2.38. The third-order valence-corrected chi connectivity index (χ3v) is 4.18. The van der Waals surface area contributed by atoms with E-state index in [4.69, 9.17) is 14.0 Å². The van der Waals surface area contributed by atoms with Gasteiger partial charge in [-0.05, 0) is 31.9 Å². The highest BCUT2D eigenvalue weighted by molar-refractivity contribution is 5.88. The molecule has 2 heterocycles. The summed E-state index contributed by atoms with van der Waals surface area (Å²) in [6, 6.07) is 7.13. The molecule has 2 amide bonds. The summed E-state index contributed by atoms with van der Waals surface area (Å²) in [6.07, 6.45) is 1.82. The molecule has 1 fully saturated rings. The molecule has 1 N–H and O–H groups in total. The Morgan fingerprint density at radius 2 is 2.17 bits per heavy atom. The van der Waals surface area contributed by atoms with Gasteiger partial charge in [0.25, 0.3) is 0 Å². The van der Waals surface area contributed by atoms with E-state index in [-0.39, 0.29) is 12.1 Å². The number of carbonyl (C=O) groups excluding carboxylic acids is 1. The van der Waals surface area contributed by atoms with Crippen LogP contribution in [0.1, 0.15) is 30.2 Å². The van der Waals surface area contributed by atoms with Crippen LogP contribution in [0.3, 0.4) is 0 Å². The van der Waals surface area contributed by atoms with Gasteiger partial charge in [-0.15, -0.1) is 0 Å². The lowest BCUT2D eigenvalue weighted by Gasteiger charge is -2.26. The van der Waals surface area contributed by atoms with Gasteiger partial charge in [-0.1, -0.05) is 5.16 Å². The summed E-state index contributed by atoms with van der Waals surface area (Å²) < 4.78 is 15.7. The van der Waals surface area contributed by atoms with Crippen molar-refractivity contribution in [3.8, 4) is 11.5 Å². The molecular formula is C17H21N3O4. The third-order valence-electron chi connectivity index (χ3n) is 4.18. The van der Waals surface area contributed by atoms with Gasteiger partial charge in [0.15, 0.2) is 5.82 Å². The van der Waals surface area contributed by atoms with Crippen LogP contribution in [-0.2, 0) is 0 Å². The Morgan fingerprint density at radius 1 is 1.33 bits per heavy atom. The molecule has 7 heteroatoms. The normalized spacial score (nSPS) is 17.0. The van der Waals surface area contributed by atoms with Gasteiger partial charge in [-0.3, -0.25) is 5.32 Å². The molecule has 1 saturated heterocycles. The molecule has 0 aliphatic carbocycles. The summed E-state index contributed by atoms with van der Waals surface area (Å²) in [5, 5.41) is 6.59. The number of likely N-dealkylation sites (tertiary alicyclic amines) is 1. The van der Waals surface area contributed by atoms with Crippen molar-refractivity contribution in [3.05, 3.63) is 35.6 Å². The molecule has 0 bridgehead atoms. The molecule has 1 aliphatic rings. The van der Waals surface area contributed by atoms with E-state index >= 15 is 0 Å². The number of aryl methyl sites for hydroxylation is 1. The number of methoxy groups -OCH3 is 2. The lowest BCUT2D eigenvalue weighted by Crippen LogP contribution is -2.34. The molecule has 0 radical (unpaired) electrons. The number of rotatable bonds is 4. The van der Waals surface area contributed by atoms with Crippen LogP contribution in [0, 0.1) is 6.92 Å². The third kappa shape index (κ3) is 3.15. The van der Waals surface area contributed by atoms with E-state index in [1.807, 2.05) is 18.2 Å². The Hall–Kier alpha value is -2.70. The van der Waals surface area contributed by atoms with Crippen molar-refractivity contribution in [2.75, 3.05) is 26.1 Å². The number of hydrogen-bond acceptors (Lipinski definition) is 5. The predicted molar refractivity (Wildman–Crippen MR) is 88.5 cm³/mol. The monoisotopic (exact) mass is 331 g/mol. The van der Waals surface area contributed by atoms with Crippen molar-refractivity contribution >= 4 is 11.8 Å². The lowest BCUT2D eigenvalue weighted by atomic mass is 10.0. The number of nitrogens with zero attached hydrogens (tertiary/aromatic N) is 2. The number of benzene rings is 1. The standard InChI is InChI=1S/C17H21N3O4/c1-11-9-16(19-24-11)18-17(21)20-8-4-5-14(20)13-7-6-12(22-2)10-15(13)23-3/h6-7,9-10,14H,4-5,8H2,1-3H3,(H,18,19,21)/t14-/m1/s1. The van der Waals surface area contributed by atoms with E-state index in [1.165, 1.54) is 0 Å². The summed E-state index contributed by atoms with van der Waals surface area (Å²) in [6.45, 7) is 2.46. The van der Waals surface area contributed by atoms with E-state index < -0.39 is 0 Å². The van der Waals surface area contributed by atoms with E-state index in [0.717, 1.165) is 29.9 Å². The number of hydrogen-bond donors (Lipinski definition) is 1. The molecule has 2 aromatic rings. The molecule has 1 atom stereocenters. The van der Waals surface area contributed by atoms with Crippen LogP contribution in [0.25, 0.3) is 0 Å². The first-order valence-electron chi connectivity index (χ1n) is 7.85. The smallest absolute Gasteiger partial charge is 0.323 e. The minimum Gasteiger partial charge on any atom is -0.497 e. The first kappa shape index (κ1) is 16.2. The van der Waals surface area contributed by atoms with Gasteiger partial charge < -0.3 is 18.9 Å². The highest BCUT2D eigenvalue weighted by Gasteiger charge is 2.32. The maximum atomic E-state index is 12.6. The van der Waals surface area contributed by atoms with Gasteiger partial charge in [-0.2, -0.15) is 0 Å². The second-order valence-corrected chi connectivity index (χ2v) is 5.71. The number of amides is 2. The van der Waals surface area contributed by atoms with Crippen LogP contribution in [0.4, 0.5) is 10.6 Å². The molecule has 3 rings (SSSR count). The van der Waals surface area contributed by atoms with Gasteiger partial charge in [-0.25, -0.2) is 4.79 Å². The lowest BCUT2D eigenvalue weighted by molar-refractivity contribution is 0.206. The van der Waals surface area contributed by atoms with Crippen molar-refractivity contribution in [1.82, 2.24) is 10.1 Å². The van der Waals surface area contributed by atoms with Gasteiger partial charge in [0.2, 0.25) is 0 Å². The summed E-state index contributed by atoms with van der Waals surface area (Å²) in [5.74, 6) is 2.52. The predicted octanol–water partition coefficient (Wildman–Crippen LogP) is 3.37. The zero-order chi connectivity index (χ0) is 17.1. The summed E-state index contributed by atoms with van der Waals surface area (Å²) in [4.78, 5) is 14.4. The van der Waals surface area contributed by atoms with E-state index in [0.29, 0.717) is 18.1 Å². The quantitative estimate of drug-likeness (QED) is 0.929.